The number of hydrogen-bond acceptors (Lipinski definition) is 5. The molecule has 0 spiro atoms. The first-order valence-corrected chi connectivity index (χ1v) is 9.68. The second-order valence-electron chi connectivity index (χ2n) is 7.26. The number of halogens is 2. The molecular formula is C19H26Cl2N4O. The van der Waals surface area contributed by atoms with E-state index in [2.05, 4.69) is 20.4 Å². The molecule has 0 aliphatic carbocycles. The summed E-state index contributed by atoms with van der Waals surface area (Å²) in [5, 5.41) is 8.34. The highest BCUT2D eigenvalue weighted by Crippen LogP contribution is 2.29. The molecule has 26 heavy (non-hydrogen) atoms. The second kappa shape index (κ2) is 9.18. The minimum Gasteiger partial charge on any atom is -0.339 e. The number of nitrogens with zero attached hydrogens (tertiary/aromatic N) is 3. The largest absolute Gasteiger partial charge is 0.339 e. The summed E-state index contributed by atoms with van der Waals surface area (Å²) in [5.41, 5.74) is 0.946. The summed E-state index contributed by atoms with van der Waals surface area (Å²) in [7, 11) is 0. The van der Waals surface area contributed by atoms with E-state index in [0.717, 1.165) is 43.4 Å². The highest BCUT2D eigenvalue weighted by molar-refractivity contribution is 6.30. The summed E-state index contributed by atoms with van der Waals surface area (Å²) in [5.74, 6) is 2.61. The Morgan fingerprint density at radius 3 is 2.69 bits per heavy atom. The number of piperidine rings is 2. The fourth-order valence-electron chi connectivity index (χ4n) is 3.97. The van der Waals surface area contributed by atoms with Crippen molar-refractivity contribution in [1.29, 1.82) is 0 Å². The van der Waals surface area contributed by atoms with Crippen LogP contribution in [-0.4, -0.2) is 47.8 Å². The van der Waals surface area contributed by atoms with Crippen molar-refractivity contribution in [2.75, 3.05) is 32.7 Å². The number of likely N-dealkylation sites (tertiary alicyclic amines) is 1. The van der Waals surface area contributed by atoms with Gasteiger partial charge in [-0.1, -0.05) is 16.8 Å². The summed E-state index contributed by atoms with van der Waals surface area (Å²) in [6.45, 7) is 5.76. The third-order valence-corrected chi connectivity index (χ3v) is 5.63. The Hall–Kier alpha value is -1.14. The molecule has 142 valence electrons. The van der Waals surface area contributed by atoms with Gasteiger partial charge in [0, 0.05) is 23.7 Å². The zero-order valence-corrected chi connectivity index (χ0v) is 16.4. The van der Waals surface area contributed by atoms with Crippen LogP contribution >= 0.6 is 24.0 Å². The third kappa shape index (κ3) is 4.77. The molecule has 1 aromatic carbocycles. The average Bonchev–Trinajstić information content (AvgIpc) is 3.14. The molecule has 0 bridgehead atoms. The van der Waals surface area contributed by atoms with Crippen LogP contribution in [0.5, 0.6) is 0 Å². The molecule has 0 radical (unpaired) electrons. The molecule has 7 heteroatoms. The molecular weight excluding hydrogens is 371 g/mol. The van der Waals surface area contributed by atoms with Crippen molar-refractivity contribution in [2.45, 2.75) is 31.6 Å². The van der Waals surface area contributed by atoms with Gasteiger partial charge in [0.05, 0.1) is 5.92 Å². The molecule has 4 rings (SSSR count). The molecule has 0 amide bonds. The molecule has 2 fully saturated rings. The lowest BCUT2D eigenvalue weighted by Gasteiger charge is -2.35. The Balaban J connectivity index is 0.00000196. The van der Waals surface area contributed by atoms with Gasteiger partial charge in [-0.15, -0.1) is 12.4 Å². The van der Waals surface area contributed by atoms with Crippen LogP contribution in [0.3, 0.4) is 0 Å². The van der Waals surface area contributed by atoms with E-state index in [1.807, 2.05) is 24.3 Å². The zero-order chi connectivity index (χ0) is 17.1. The van der Waals surface area contributed by atoms with Crippen LogP contribution in [0.1, 0.15) is 37.5 Å². The normalized spacial score (nSPS) is 22.1. The van der Waals surface area contributed by atoms with E-state index in [0.29, 0.717) is 16.8 Å². The van der Waals surface area contributed by atoms with Crippen LogP contribution in [0, 0.1) is 5.92 Å². The summed E-state index contributed by atoms with van der Waals surface area (Å²) in [4.78, 5) is 7.25. The van der Waals surface area contributed by atoms with E-state index >= 15 is 0 Å². The van der Waals surface area contributed by atoms with Gasteiger partial charge in [-0.05, 0) is 75.5 Å². The molecule has 2 aliphatic heterocycles. The monoisotopic (exact) mass is 396 g/mol. The standard InChI is InChI=1S/C19H25ClN4O.ClH/c20-17-5-3-15(4-6-17)18-22-19(25-23-18)16-2-1-11-24(13-16)12-14-7-9-21-10-8-14;/h3-6,14,16,21H,1-2,7-13H2;1H. The van der Waals surface area contributed by atoms with Crippen molar-refractivity contribution >= 4 is 24.0 Å². The van der Waals surface area contributed by atoms with Crippen molar-refractivity contribution in [3.8, 4) is 11.4 Å². The molecule has 1 atom stereocenters. The smallest absolute Gasteiger partial charge is 0.231 e. The SMILES string of the molecule is Cl.Clc1ccc(-c2noc(C3CCCN(CC4CCNCC4)C3)n2)cc1. The number of rotatable bonds is 4. The van der Waals surface area contributed by atoms with E-state index < -0.39 is 0 Å². The van der Waals surface area contributed by atoms with Crippen molar-refractivity contribution in [2.24, 2.45) is 5.92 Å². The quantitative estimate of drug-likeness (QED) is 0.846. The van der Waals surface area contributed by atoms with Crippen molar-refractivity contribution < 1.29 is 4.52 Å². The van der Waals surface area contributed by atoms with Gasteiger partial charge >= 0.3 is 0 Å². The molecule has 1 aromatic heterocycles. The maximum Gasteiger partial charge on any atom is 0.231 e. The van der Waals surface area contributed by atoms with Gasteiger partial charge in [0.25, 0.3) is 0 Å². The van der Waals surface area contributed by atoms with Crippen molar-refractivity contribution in [3.05, 3.63) is 35.2 Å². The number of nitrogens with one attached hydrogen (secondary N) is 1. The van der Waals surface area contributed by atoms with Crippen LogP contribution in [0.2, 0.25) is 5.02 Å². The van der Waals surface area contributed by atoms with Crippen molar-refractivity contribution in [3.63, 3.8) is 0 Å². The highest BCUT2D eigenvalue weighted by Gasteiger charge is 2.28. The van der Waals surface area contributed by atoms with E-state index in [9.17, 15) is 0 Å². The summed E-state index contributed by atoms with van der Waals surface area (Å²) in [6, 6.07) is 7.57. The van der Waals surface area contributed by atoms with E-state index in [1.54, 1.807) is 0 Å². The first-order chi connectivity index (χ1) is 12.3. The number of hydrogen-bond donors (Lipinski definition) is 1. The maximum atomic E-state index is 5.95. The van der Waals surface area contributed by atoms with Crippen LogP contribution < -0.4 is 5.32 Å². The molecule has 3 heterocycles. The molecule has 1 unspecified atom stereocenters. The third-order valence-electron chi connectivity index (χ3n) is 5.37. The average molecular weight is 397 g/mol. The van der Waals surface area contributed by atoms with Crippen molar-refractivity contribution in [1.82, 2.24) is 20.4 Å². The molecule has 2 saturated heterocycles. The molecule has 5 nitrogen and oxygen atoms in total. The fourth-order valence-corrected chi connectivity index (χ4v) is 4.10. The first kappa shape index (κ1) is 19.6. The lowest BCUT2D eigenvalue weighted by atomic mass is 9.93. The Morgan fingerprint density at radius 1 is 1.15 bits per heavy atom. The minimum atomic E-state index is 0. The van der Waals surface area contributed by atoms with Crippen LogP contribution in [0.15, 0.2) is 28.8 Å². The predicted molar refractivity (Wildman–Crippen MR) is 106 cm³/mol. The summed E-state index contributed by atoms with van der Waals surface area (Å²) in [6.07, 6.45) is 4.92. The van der Waals surface area contributed by atoms with Gasteiger partial charge in [-0.3, -0.25) is 0 Å². The topological polar surface area (TPSA) is 54.2 Å². The van der Waals surface area contributed by atoms with Crippen LogP contribution in [-0.2, 0) is 0 Å². The Kier molecular flexibility index (Phi) is 6.92. The molecule has 2 aliphatic rings. The number of benzene rings is 1. The molecule has 2 aromatic rings. The fraction of sp³-hybridized carbons (Fsp3) is 0.579. The Bertz CT molecular complexity index is 685. The van der Waals surface area contributed by atoms with E-state index in [1.165, 1.54) is 32.4 Å². The predicted octanol–water partition coefficient (Wildman–Crippen LogP) is 3.99. The zero-order valence-electron chi connectivity index (χ0n) is 14.9. The molecule has 1 N–H and O–H groups in total. The highest BCUT2D eigenvalue weighted by atomic mass is 35.5. The Labute approximate surface area is 165 Å². The lowest BCUT2D eigenvalue weighted by Crippen LogP contribution is -2.40. The minimum absolute atomic E-state index is 0. The van der Waals surface area contributed by atoms with E-state index in [-0.39, 0.29) is 12.4 Å². The van der Waals surface area contributed by atoms with Gasteiger partial charge in [-0.2, -0.15) is 4.98 Å². The summed E-state index contributed by atoms with van der Waals surface area (Å²) >= 11 is 5.95. The maximum absolute atomic E-state index is 5.95. The lowest BCUT2D eigenvalue weighted by molar-refractivity contribution is 0.151. The first-order valence-electron chi connectivity index (χ1n) is 9.30. The number of aromatic nitrogens is 2. The molecule has 0 saturated carbocycles. The van der Waals surface area contributed by atoms with Gasteiger partial charge < -0.3 is 14.7 Å². The van der Waals surface area contributed by atoms with Crippen LogP contribution in [0.4, 0.5) is 0 Å². The van der Waals surface area contributed by atoms with Gasteiger partial charge in [0.2, 0.25) is 11.7 Å². The van der Waals surface area contributed by atoms with Gasteiger partial charge in [0.15, 0.2) is 0 Å². The van der Waals surface area contributed by atoms with E-state index in [4.69, 9.17) is 16.1 Å². The second-order valence-corrected chi connectivity index (χ2v) is 7.69. The Morgan fingerprint density at radius 2 is 1.92 bits per heavy atom. The van der Waals surface area contributed by atoms with Gasteiger partial charge in [0.1, 0.15) is 0 Å². The summed E-state index contributed by atoms with van der Waals surface area (Å²) < 4.78 is 5.60. The van der Waals surface area contributed by atoms with Crippen LogP contribution in [0.25, 0.3) is 11.4 Å². The van der Waals surface area contributed by atoms with Gasteiger partial charge in [-0.25, -0.2) is 0 Å².